The van der Waals surface area contributed by atoms with E-state index in [2.05, 4.69) is 6.07 Å². The molecule has 3 aromatic rings. The highest BCUT2D eigenvalue weighted by molar-refractivity contribution is 5.99. The number of benzene rings is 2. The van der Waals surface area contributed by atoms with Crippen molar-refractivity contribution in [2.75, 3.05) is 6.61 Å². The predicted molar refractivity (Wildman–Crippen MR) is 115 cm³/mol. The number of Topliss-reactive ketones (excluding diaryl/α,β-unsaturated/α-hetero) is 1. The maximum absolute atomic E-state index is 12.4. The summed E-state index contributed by atoms with van der Waals surface area (Å²) in [4.78, 5) is 24.5. The zero-order valence-electron chi connectivity index (χ0n) is 16.6. The number of carbonyl (C=O) groups is 2. The van der Waals surface area contributed by atoms with Gasteiger partial charge in [-0.05, 0) is 48.6 Å². The van der Waals surface area contributed by atoms with Gasteiger partial charge in [-0.15, -0.1) is 0 Å². The van der Waals surface area contributed by atoms with Gasteiger partial charge < -0.3 is 9.30 Å². The summed E-state index contributed by atoms with van der Waals surface area (Å²) in [5, 5.41) is 9.84. The molecule has 0 aliphatic heterocycles. The first kappa shape index (κ1) is 19.7. The Kier molecular flexibility index (Phi) is 5.76. The molecule has 4 rings (SSSR count). The van der Waals surface area contributed by atoms with Gasteiger partial charge in [0, 0.05) is 40.8 Å². The Labute approximate surface area is 175 Å². The van der Waals surface area contributed by atoms with Gasteiger partial charge >= 0.3 is 5.97 Å². The number of aromatic nitrogens is 1. The molecule has 0 fully saturated rings. The van der Waals surface area contributed by atoms with Crippen LogP contribution >= 0.6 is 0 Å². The summed E-state index contributed by atoms with van der Waals surface area (Å²) >= 11 is 0. The number of nitrogens with zero attached hydrogens (tertiary/aromatic N) is 2. The Morgan fingerprint density at radius 1 is 1.13 bits per heavy atom. The molecule has 0 saturated carbocycles. The SMILES string of the molecule is N#CCCn1cc(/C=C/C(=O)OCC(=O)c2ccc3c(c2)CCC3)c2ccccc21. The fraction of sp³-hybridized carbons (Fsp3) is 0.240. The van der Waals surface area contributed by atoms with Crippen molar-refractivity contribution in [3.8, 4) is 6.07 Å². The molecule has 0 unspecified atom stereocenters. The van der Waals surface area contributed by atoms with Crippen molar-refractivity contribution in [1.29, 1.82) is 5.26 Å². The van der Waals surface area contributed by atoms with Crippen molar-refractivity contribution in [3.05, 3.63) is 77.0 Å². The summed E-state index contributed by atoms with van der Waals surface area (Å²) in [5.41, 5.74) is 4.99. The lowest BCUT2D eigenvalue weighted by molar-refractivity contribution is -0.136. The maximum Gasteiger partial charge on any atom is 0.331 e. The van der Waals surface area contributed by atoms with E-state index in [1.807, 2.05) is 53.2 Å². The van der Waals surface area contributed by atoms with Crippen LogP contribution in [-0.4, -0.2) is 22.9 Å². The molecule has 0 N–H and O–H groups in total. The van der Waals surface area contributed by atoms with Gasteiger partial charge in [-0.25, -0.2) is 4.79 Å². The number of hydrogen-bond acceptors (Lipinski definition) is 4. The number of esters is 1. The number of hydrogen-bond donors (Lipinski definition) is 0. The molecule has 30 heavy (non-hydrogen) atoms. The Bertz CT molecular complexity index is 1180. The first-order valence-corrected chi connectivity index (χ1v) is 10.1. The Balaban J connectivity index is 1.40. The minimum Gasteiger partial charge on any atom is -0.454 e. The molecule has 5 heteroatoms. The Morgan fingerprint density at radius 3 is 2.83 bits per heavy atom. The number of carbonyl (C=O) groups excluding carboxylic acids is 2. The van der Waals surface area contributed by atoms with E-state index >= 15 is 0 Å². The van der Waals surface area contributed by atoms with E-state index < -0.39 is 5.97 Å². The largest absolute Gasteiger partial charge is 0.454 e. The Morgan fingerprint density at radius 2 is 1.97 bits per heavy atom. The van der Waals surface area contributed by atoms with E-state index in [9.17, 15) is 9.59 Å². The Hall–Kier alpha value is -3.65. The van der Waals surface area contributed by atoms with Crippen molar-refractivity contribution in [1.82, 2.24) is 4.57 Å². The molecule has 0 saturated heterocycles. The number of nitriles is 1. The first-order valence-electron chi connectivity index (χ1n) is 10.1. The predicted octanol–water partition coefficient (Wildman–Crippen LogP) is 4.48. The van der Waals surface area contributed by atoms with Crippen LogP contribution in [0.3, 0.4) is 0 Å². The number of ether oxygens (including phenoxy) is 1. The third-order valence-electron chi connectivity index (χ3n) is 5.45. The van der Waals surface area contributed by atoms with Crippen LogP contribution in [0.25, 0.3) is 17.0 Å². The average molecular weight is 398 g/mol. The molecule has 0 atom stereocenters. The minimum absolute atomic E-state index is 0.195. The van der Waals surface area contributed by atoms with E-state index in [1.54, 1.807) is 6.08 Å². The van der Waals surface area contributed by atoms with E-state index in [0.717, 1.165) is 35.7 Å². The molecule has 1 heterocycles. The molecule has 0 radical (unpaired) electrons. The summed E-state index contributed by atoms with van der Waals surface area (Å²) in [5.74, 6) is -0.752. The van der Waals surface area contributed by atoms with Crippen LogP contribution < -0.4 is 0 Å². The molecule has 150 valence electrons. The number of para-hydroxylation sites is 1. The van der Waals surface area contributed by atoms with Crippen LogP contribution in [-0.2, 0) is 28.9 Å². The molecule has 1 aliphatic rings. The first-order chi connectivity index (χ1) is 14.7. The second-order valence-corrected chi connectivity index (χ2v) is 7.40. The van der Waals surface area contributed by atoms with Gasteiger partial charge in [-0.3, -0.25) is 4.79 Å². The van der Waals surface area contributed by atoms with E-state index in [-0.39, 0.29) is 12.4 Å². The lowest BCUT2D eigenvalue weighted by Crippen LogP contribution is -2.12. The van der Waals surface area contributed by atoms with Crippen molar-refractivity contribution >= 4 is 28.7 Å². The molecular formula is C25H22N2O3. The number of fused-ring (bicyclic) bond motifs is 2. The fourth-order valence-corrected chi connectivity index (χ4v) is 3.93. The summed E-state index contributed by atoms with van der Waals surface area (Å²) in [6.45, 7) is 0.316. The van der Waals surface area contributed by atoms with E-state index in [0.29, 0.717) is 18.5 Å². The summed E-state index contributed by atoms with van der Waals surface area (Å²) < 4.78 is 7.16. The van der Waals surface area contributed by atoms with E-state index in [1.165, 1.54) is 17.2 Å². The van der Waals surface area contributed by atoms with Crippen molar-refractivity contribution in [2.45, 2.75) is 32.2 Å². The van der Waals surface area contributed by atoms with Gasteiger partial charge in [-0.1, -0.05) is 30.3 Å². The highest BCUT2D eigenvalue weighted by Gasteiger charge is 2.15. The smallest absolute Gasteiger partial charge is 0.331 e. The molecule has 1 aliphatic carbocycles. The van der Waals surface area contributed by atoms with Crippen LogP contribution in [0.5, 0.6) is 0 Å². The highest BCUT2D eigenvalue weighted by Crippen LogP contribution is 2.24. The number of rotatable bonds is 7. The van der Waals surface area contributed by atoms with Gasteiger partial charge in [-0.2, -0.15) is 5.26 Å². The maximum atomic E-state index is 12.4. The standard InChI is InChI=1S/C25H22N2O3/c26-13-4-14-27-16-21(22-7-1-2-8-23(22)27)11-12-25(29)30-17-24(28)20-10-9-18-5-3-6-19(18)15-20/h1-2,7-12,15-16H,3-6,14,17H2/b12-11+. The third-order valence-corrected chi connectivity index (χ3v) is 5.45. The van der Waals surface area contributed by atoms with Crippen LogP contribution in [0.15, 0.2) is 54.7 Å². The summed E-state index contributed by atoms with van der Waals surface area (Å²) in [6, 6.07) is 15.7. The van der Waals surface area contributed by atoms with Crippen molar-refractivity contribution in [2.24, 2.45) is 0 Å². The quantitative estimate of drug-likeness (QED) is 0.334. The minimum atomic E-state index is -0.557. The molecular weight excluding hydrogens is 376 g/mol. The number of ketones is 1. The summed E-state index contributed by atoms with van der Waals surface area (Å²) in [6.07, 6.45) is 8.55. The normalized spacial score (nSPS) is 12.8. The summed E-state index contributed by atoms with van der Waals surface area (Å²) in [7, 11) is 0. The van der Waals surface area contributed by atoms with Gasteiger partial charge in [0.2, 0.25) is 0 Å². The zero-order valence-corrected chi connectivity index (χ0v) is 16.6. The molecule has 1 aromatic heterocycles. The van der Waals surface area contributed by atoms with Gasteiger partial charge in [0.15, 0.2) is 12.4 Å². The van der Waals surface area contributed by atoms with Gasteiger partial charge in [0.25, 0.3) is 0 Å². The average Bonchev–Trinajstić information content (AvgIpc) is 3.38. The second-order valence-electron chi connectivity index (χ2n) is 7.40. The third kappa shape index (κ3) is 4.18. The van der Waals surface area contributed by atoms with Crippen LogP contribution in [0, 0.1) is 11.3 Å². The van der Waals surface area contributed by atoms with Crippen molar-refractivity contribution in [3.63, 3.8) is 0 Å². The van der Waals surface area contributed by atoms with Gasteiger partial charge in [0.05, 0.1) is 12.5 Å². The molecule has 0 amide bonds. The molecule has 5 nitrogen and oxygen atoms in total. The molecule has 0 spiro atoms. The fourth-order valence-electron chi connectivity index (χ4n) is 3.93. The molecule has 0 bridgehead atoms. The molecule has 2 aromatic carbocycles. The van der Waals surface area contributed by atoms with Crippen LogP contribution in [0.2, 0.25) is 0 Å². The van der Waals surface area contributed by atoms with E-state index in [4.69, 9.17) is 10.00 Å². The van der Waals surface area contributed by atoms with Crippen LogP contribution in [0.4, 0.5) is 0 Å². The lowest BCUT2D eigenvalue weighted by atomic mass is 10.0. The van der Waals surface area contributed by atoms with Crippen molar-refractivity contribution < 1.29 is 14.3 Å². The lowest BCUT2D eigenvalue weighted by Gasteiger charge is -2.04. The zero-order chi connectivity index (χ0) is 20.9. The van der Waals surface area contributed by atoms with Gasteiger partial charge in [0.1, 0.15) is 0 Å². The second kappa shape index (κ2) is 8.79. The highest BCUT2D eigenvalue weighted by atomic mass is 16.5. The monoisotopic (exact) mass is 398 g/mol. The van der Waals surface area contributed by atoms with Crippen LogP contribution in [0.1, 0.15) is 39.9 Å². The number of aryl methyl sites for hydroxylation is 3. The topological polar surface area (TPSA) is 72.1 Å².